The van der Waals surface area contributed by atoms with Crippen LogP contribution < -0.4 is 14.8 Å². The first kappa shape index (κ1) is 17.0. The van der Waals surface area contributed by atoms with Gasteiger partial charge in [0.25, 0.3) is 5.91 Å². The van der Waals surface area contributed by atoms with Gasteiger partial charge in [0.05, 0.1) is 19.3 Å². The van der Waals surface area contributed by atoms with Gasteiger partial charge in [-0.2, -0.15) is 5.10 Å². The van der Waals surface area contributed by atoms with Gasteiger partial charge in [0.2, 0.25) is 5.88 Å². The molecule has 4 rings (SSSR count). The standard InChI is InChI=1S/C19H19N5O3/c1-24-8-7-16(23-24)19(25)20-11-14-10-13-9-12(3-5-17(13)27-14)15-4-6-18(26-2)22-21-15/h3-9,14H,10-11H2,1-2H3,(H,20,25). The average molecular weight is 365 g/mol. The zero-order valence-corrected chi connectivity index (χ0v) is 15.0. The molecule has 0 saturated heterocycles. The average Bonchev–Trinajstić information content (AvgIpc) is 3.31. The number of aromatic nitrogens is 4. The fourth-order valence-electron chi connectivity index (χ4n) is 3.01. The number of methoxy groups -OCH3 is 1. The van der Waals surface area contributed by atoms with Crippen molar-refractivity contribution in [2.75, 3.05) is 13.7 Å². The number of aryl methyl sites for hydroxylation is 1. The molecular formula is C19H19N5O3. The maximum Gasteiger partial charge on any atom is 0.271 e. The summed E-state index contributed by atoms with van der Waals surface area (Å²) in [6.07, 6.45) is 2.35. The second-order valence-corrected chi connectivity index (χ2v) is 6.31. The van der Waals surface area contributed by atoms with Crippen LogP contribution in [0.3, 0.4) is 0 Å². The molecule has 1 aromatic carbocycles. The number of ether oxygens (including phenoxy) is 2. The number of fused-ring (bicyclic) bond motifs is 1. The molecule has 3 heterocycles. The van der Waals surface area contributed by atoms with E-state index < -0.39 is 0 Å². The zero-order valence-electron chi connectivity index (χ0n) is 15.0. The van der Waals surface area contributed by atoms with E-state index in [2.05, 4.69) is 20.6 Å². The third-order valence-electron chi connectivity index (χ3n) is 4.38. The van der Waals surface area contributed by atoms with Crippen molar-refractivity contribution in [3.63, 3.8) is 0 Å². The molecule has 0 saturated carbocycles. The SMILES string of the molecule is COc1ccc(-c2ccc3c(c2)CC(CNC(=O)c2ccn(C)n2)O3)nn1. The second-order valence-electron chi connectivity index (χ2n) is 6.31. The Bertz CT molecular complexity index is 968. The van der Waals surface area contributed by atoms with Gasteiger partial charge >= 0.3 is 0 Å². The molecule has 8 heteroatoms. The van der Waals surface area contributed by atoms with Crippen molar-refractivity contribution in [1.82, 2.24) is 25.3 Å². The number of nitrogens with zero attached hydrogens (tertiary/aromatic N) is 4. The van der Waals surface area contributed by atoms with E-state index in [-0.39, 0.29) is 12.0 Å². The van der Waals surface area contributed by atoms with Crippen LogP contribution in [-0.2, 0) is 13.5 Å². The minimum absolute atomic E-state index is 0.107. The zero-order chi connectivity index (χ0) is 18.8. The van der Waals surface area contributed by atoms with Crippen molar-refractivity contribution in [2.45, 2.75) is 12.5 Å². The molecule has 0 aliphatic carbocycles. The summed E-state index contributed by atoms with van der Waals surface area (Å²) < 4.78 is 12.6. The highest BCUT2D eigenvalue weighted by Crippen LogP contribution is 2.32. The lowest BCUT2D eigenvalue weighted by Gasteiger charge is -2.11. The summed E-state index contributed by atoms with van der Waals surface area (Å²) in [6.45, 7) is 0.418. The number of rotatable bonds is 5. The second kappa shape index (κ2) is 7.06. The van der Waals surface area contributed by atoms with Gasteiger partial charge in [-0.25, -0.2) is 0 Å². The van der Waals surface area contributed by atoms with E-state index in [0.717, 1.165) is 29.0 Å². The number of amides is 1. The molecule has 1 atom stereocenters. The molecule has 0 bridgehead atoms. The van der Waals surface area contributed by atoms with E-state index in [1.807, 2.05) is 24.3 Å². The van der Waals surface area contributed by atoms with Gasteiger partial charge in [0.15, 0.2) is 0 Å². The first-order chi connectivity index (χ1) is 13.1. The van der Waals surface area contributed by atoms with E-state index in [4.69, 9.17) is 9.47 Å². The number of hydrogen-bond acceptors (Lipinski definition) is 6. The highest BCUT2D eigenvalue weighted by atomic mass is 16.5. The number of hydrogen-bond donors (Lipinski definition) is 1. The number of carbonyl (C=O) groups is 1. The van der Waals surface area contributed by atoms with Crippen LogP contribution >= 0.6 is 0 Å². The third-order valence-corrected chi connectivity index (χ3v) is 4.38. The van der Waals surface area contributed by atoms with E-state index >= 15 is 0 Å². The molecule has 138 valence electrons. The van der Waals surface area contributed by atoms with Crippen LogP contribution in [0.5, 0.6) is 11.6 Å². The van der Waals surface area contributed by atoms with Gasteiger partial charge in [-0.3, -0.25) is 9.48 Å². The molecule has 8 nitrogen and oxygen atoms in total. The van der Waals surface area contributed by atoms with Gasteiger partial charge in [-0.15, -0.1) is 10.2 Å². The maximum absolute atomic E-state index is 12.1. The molecule has 2 aromatic heterocycles. The predicted molar refractivity (Wildman–Crippen MR) is 97.7 cm³/mol. The molecule has 3 aromatic rings. The van der Waals surface area contributed by atoms with Gasteiger partial charge < -0.3 is 14.8 Å². The highest BCUT2D eigenvalue weighted by Gasteiger charge is 2.24. The number of benzene rings is 1. The molecule has 1 aliphatic rings. The van der Waals surface area contributed by atoms with Crippen molar-refractivity contribution < 1.29 is 14.3 Å². The first-order valence-corrected chi connectivity index (χ1v) is 8.58. The summed E-state index contributed by atoms with van der Waals surface area (Å²) in [4.78, 5) is 12.1. The van der Waals surface area contributed by atoms with Crippen molar-refractivity contribution in [3.05, 3.63) is 53.9 Å². The number of nitrogens with one attached hydrogen (secondary N) is 1. The summed E-state index contributed by atoms with van der Waals surface area (Å²) in [6, 6.07) is 11.3. The van der Waals surface area contributed by atoms with Crippen LogP contribution in [-0.4, -0.2) is 45.6 Å². The molecule has 0 spiro atoms. The Morgan fingerprint density at radius 1 is 1.30 bits per heavy atom. The van der Waals surface area contributed by atoms with Crippen molar-refractivity contribution in [3.8, 4) is 22.9 Å². The topological polar surface area (TPSA) is 91.2 Å². The van der Waals surface area contributed by atoms with Crippen LogP contribution in [0.1, 0.15) is 16.1 Å². The van der Waals surface area contributed by atoms with E-state index in [9.17, 15) is 4.79 Å². The van der Waals surface area contributed by atoms with Gasteiger partial charge in [-0.1, -0.05) is 0 Å². The lowest BCUT2D eigenvalue weighted by molar-refractivity contribution is 0.0928. The Morgan fingerprint density at radius 2 is 2.19 bits per heavy atom. The summed E-state index contributed by atoms with van der Waals surface area (Å²) in [7, 11) is 3.33. The Morgan fingerprint density at radius 3 is 2.89 bits per heavy atom. The molecule has 1 N–H and O–H groups in total. The fourth-order valence-corrected chi connectivity index (χ4v) is 3.01. The normalized spacial score (nSPS) is 15.1. The van der Waals surface area contributed by atoms with Crippen LogP contribution in [0, 0.1) is 0 Å². The van der Waals surface area contributed by atoms with Crippen molar-refractivity contribution in [1.29, 1.82) is 0 Å². The molecule has 1 aliphatic heterocycles. The quantitative estimate of drug-likeness (QED) is 0.739. The van der Waals surface area contributed by atoms with Crippen molar-refractivity contribution in [2.24, 2.45) is 7.05 Å². The van der Waals surface area contributed by atoms with E-state index in [0.29, 0.717) is 18.1 Å². The fraction of sp³-hybridized carbons (Fsp3) is 0.263. The molecule has 0 fully saturated rings. The number of carbonyl (C=O) groups excluding carboxylic acids is 1. The smallest absolute Gasteiger partial charge is 0.271 e. The highest BCUT2D eigenvalue weighted by molar-refractivity contribution is 5.92. The molecule has 0 radical (unpaired) electrons. The minimum atomic E-state index is -0.204. The van der Waals surface area contributed by atoms with Crippen LogP contribution in [0.4, 0.5) is 0 Å². The van der Waals surface area contributed by atoms with Gasteiger partial charge in [-0.05, 0) is 35.9 Å². The summed E-state index contributed by atoms with van der Waals surface area (Å²) in [5.74, 6) is 1.11. The van der Waals surface area contributed by atoms with E-state index in [1.54, 1.807) is 37.2 Å². The van der Waals surface area contributed by atoms with Crippen LogP contribution in [0.25, 0.3) is 11.3 Å². The van der Waals surface area contributed by atoms with E-state index in [1.165, 1.54) is 0 Å². The molecular weight excluding hydrogens is 346 g/mol. The summed E-state index contributed by atoms with van der Waals surface area (Å²) in [5, 5.41) is 15.1. The minimum Gasteiger partial charge on any atom is -0.488 e. The Labute approximate surface area is 156 Å². The first-order valence-electron chi connectivity index (χ1n) is 8.58. The lowest BCUT2D eigenvalue weighted by atomic mass is 10.0. The van der Waals surface area contributed by atoms with Crippen LogP contribution in [0.2, 0.25) is 0 Å². The Hall–Kier alpha value is -3.42. The Kier molecular flexibility index (Phi) is 4.45. The predicted octanol–water partition coefficient (Wildman–Crippen LogP) is 1.62. The summed E-state index contributed by atoms with van der Waals surface area (Å²) >= 11 is 0. The molecule has 1 unspecified atom stereocenters. The molecule has 1 amide bonds. The van der Waals surface area contributed by atoms with Crippen molar-refractivity contribution >= 4 is 5.91 Å². The Balaban J connectivity index is 1.40. The van der Waals surface area contributed by atoms with Gasteiger partial charge in [0.1, 0.15) is 17.5 Å². The maximum atomic E-state index is 12.1. The lowest BCUT2D eigenvalue weighted by Crippen LogP contribution is -2.34. The summed E-state index contributed by atoms with van der Waals surface area (Å²) in [5.41, 5.74) is 3.21. The van der Waals surface area contributed by atoms with Crippen LogP contribution in [0.15, 0.2) is 42.6 Å². The monoisotopic (exact) mass is 365 g/mol. The largest absolute Gasteiger partial charge is 0.488 e. The molecule has 27 heavy (non-hydrogen) atoms. The third kappa shape index (κ3) is 3.59. The van der Waals surface area contributed by atoms with Gasteiger partial charge in [0, 0.05) is 31.3 Å².